The van der Waals surface area contributed by atoms with E-state index in [9.17, 15) is 9.59 Å². The van der Waals surface area contributed by atoms with Crippen LogP contribution in [0.25, 0.3) is 0 Å². The maximum atomic E-state index is 11.7. The number of nitrogens with one attached hydrogen (secondary N) is 2. The molecule has 0 unspecified atom stereocenters. The van der Waals surface area contributed by atoms with Gasteiger partial charge in [-0.2, -0.15) is 0 Å². The van der Waals surface area contributed by atoms with Crippen molar-refractivity contribution in [2.75, 3.05) is 11.9 Å². The molecule has 0 bridgehead atoms. The zero-order chi connectivity index (χ0) is 15.2. The van der Waals surface area contributed by atoms with Crippen LogP contribution in [-0.4, -0.2) is 38.6 Å². The molecule has 0 fully saturated rings. The zero-order valence-corrected chi connectivity index (χ0v) is 11.5. The predicted octanol–water partition coefficient (Wildman–Crippen LogP) is 1.45. The fourth-order valence-electron chi connectivity index (χ4n) is 1.56. The van der Waals surface area contributed by atoms with Crippen molar-refractivity contribution in [1.82, 2.24) is 20.3 Å². The number of hydrogen-bond acceptors (Lipinski definition) is 4. The van der Waals surface area contributed by atoms with E-state index in [4.69, 9.17) is 16.7 Å². The number of aromatic nitrogens is 3. The fraction of sp³-hybridized carbons (Fsp3) is 0.167. The van der Waals surface area contributed by atoms with Gasteiger partial charge >= 0.3 is 12.0 Å². The Labute approximate surface area is 124 Å². The van der Waals surface area contributed by atoms with Crippen LogP contribution in [0.1, 0.15) is 10.4 Å². The van der Waals surface area contributed by atoms with Crippen molar-refractivity contribution >= 4 is 29.3 Å². The molecule has 9 heteroatoms. The molecule has 3 N–H and O–H groups in total. The van der Waals surface area contributed by atoms with Gasteiger partial charge in [0.15, 0.2) is 0 Å². The van der Waals surface area contributed by atoms with Gasteiger partial charge in [0.05, 0.1) is 29.0 Å². The van der Waals surface area contributed by atoms with E-state index in [1.165, 1.54) is 24.4 Å². The third kappa shape index (κ3) is 4.18. The standard InChI is InChI=1S/C12H12ClN5O3/c13-9-2-1-8(11(19)20)7-10(9)16-12(21)14-3-5-18-6-4-15-17-18/h1-2,4,6-7H,3,5H2,(H,19,20)(H2,14,16,21). The average Bonchev–Trinajstić information content (AvgIpc) is 2.94. The molecule has 2 rings (SSSR count). The molecule has 2 amide bonds. The number of carbonyl (C=O) groups is 2. The van der Waals surface area contributed by atoms with E-state index in [1.54, 1.807) is 10.9 Å². The van der Waals surface area contributed by atoms with Gasteiger partial charge in [-0.1, -0.05) is 16.8 Å². The molecule has 0 aliphatic rings. The average molecular weight is 310 g/mol. The minimum absolute atomic E-state index is 0.0392. The number of amides is 2. The first-order valence-corrected chi connectivity index (χ1v) is 6.36. The number of rotatable bonds is 5. The van der Waals surface area contributed by atoms with E-state index in [2.05, 4.69) is 20.9 Å². The molecule has 0 aliphatic carbocycles. The number of carboxylic acid groups (broad SMARTS) is 1. The number of hydrogen-bond donors (Lipinski definition) is 3. The highest BCUT2D eigenvalue weighted by atomic mass is 35.5. The minimum atomic E-state index is -1.10. The summed E-state index contributed by atoms with van der Waals surface area (Å²) in [7, 11) is 0. The summed E-state index contributed by atoms with van der Waals surface area (Å²) in [5.74, 6) is -1.10. The Hall–Kier alpha value is -2.61. The van der Waals surface area contributed by atoms with Crippen molar-refractivity contribution in [2.45, 2.75) is 6.54 Å². The Morgan fingerprint density at radius 2 is 2.19 bits per heavy atom. The summed E-state index contributed by atoms with van der Waals surface area (Å²) in [5, 5.41) is 21.6. The molecule has 8 nitrogen and oxygen atoms in total. The number of anilines is 1. The molecule has 1 aromatic heterocycles. The van der Waals surface area contributed by atoms with Gasteiger partial charge in [-0.05, 0) is 18.2 Å². The second kappa shape index (κ2) is 6.71. The molecule has 21 heavy (non-hydrogen) atoms. The van der Waals surface area contributed by atoms with E-state index >= 15 is 0 Å². The van der Waals surface area contributed by atoms with Crippen LogP contribution in [0.3, 0.4) is 0 Å². The molecule has 0 atom stereocenters. The van der Waals surface area contributed by atoms with Crippen molar-refractivity contribution < 1.29 is 14.7 Å². The summed E-state index contributed by atoms with van der Waals surface area (Å²) < 4.78 is 1.57. The van der Waals surface area contributed by atoms with Crippen LogP contribution in [0.2, 0.25) is 5.02 Å². The Kier molecular flexibility index (Phi) is 4.72. The maximum Gasteiger partial charge on any atom is 0.335 e. The van der Waals surface area contributed by atoms with Crippen molar-refractivity contribution in [3.05, 3.63) is 41.2 Å². The second-order valence-corrected chi connectivity index (χ2v) is 4.45. The lowest BCUT2D eigenvalue weighted by Crippen LogP contribution is -2.31. The summed E-state index contributed by atoms with van der Waals surface area (Å²) >= 11 is 5.90. The molecule has 0 saturated heterocycles. The highest BCUT2D eigenvalue weighted by Gasteiger charge is 2.09. The summed E-state index contributed by atoms with van der Waals surface area (Å²) in [6, 6.07) is 3.58. The lowest BCUT2D eigenvalue weighted by Gasteiger charge is -2.09. The molecule has 110 valence electrons. The van der Waals surface area contributed by atoms with E-state index in [1.807, 2.05) is 0 Å². The van der Waals surface area contributed by atoms with E-state index in [-0.39, 0.29) is 16.3 Å². The Morgan fingerprint density at radius 3 is 2.86 bits per heavy atom. The van der Waals surface area contributed by atoms with Gasteiger partial charge in [-0.25, -0.2) is 9.59 Å². The summed E-state index contributed by atoms with van der Waals surface area (Å²) in [4.78, 5) is 22.6. The quantitative estimate of drug-likeness (QED) is 0.774. The molecule has 0 saturated carbocycles. The lowest BCUT2D eigenvalue weighted by atomic mass is 10.2. The topological polar surface area (TPSA) is 109 Å². The molecule has 0 radical (unpaired) electrons. The van der Waals surface area contributed by atoms with Gasteiger partial charge < -0.3 is 15.7 Å². The third-order valence-electron chi connectivity index (χ3n) is 2.56. The van der Waals surface area contributed by atoms with E-state index in [0.29, 0.717) is 13.1 Å². The van der Waals surface area contributed by atoms with Gasteiger partial charge in [0.2, 0.25) is 0 Å². The smallest absolute Gasteiger partial charge is 0.335 e. The molecule has 0 spiro atoms. The highest BCUT2D eigenvalue weighted by Crippen LogP contribution is 2.22. The molecular formula is C12H12ClN5O3. The monoisotopic (exact) mass is 309 g/mol. The third-order valence-corrected chi connectivity index (χ3v) is 2.89. The highest BCUT2D eigenvalue weighted by molar-refractivity contribution is 6.33. The number of carbonyl (C=O) groups excluding carboxylic acids is 1. The number of carboxylic acids is 1. The van der Waals surface area contributed by atoms with Gasteiger partial charge in [0.1, 0.15) is 0 Å². The largest absolute Gasteiger partial charge is 0.478 e. The van der Waals surface area contributed by atoms with Crippen molar-refractivity contribution in [1.29, 1.82) is 0 Å². The molecular weight excluding hydrogens is 298 g/mol. The van der Waals surface area contributed by atoms with Crippen LogP contribution >= 0.6 is 11.6 Å². The van der Waals surface area contributed by atoms with Crippen LogP contribution in [0, 0.1) is 0 Å². The first-order valence-electron chi connectivity index (χ1n) is 5.98. The van der Waals surface area contributed by atoms with Crippen LogP contribution < -0.4 is 10.6 Å². The van der Waals surface area contributed by atoms with Crippen molar-refractivity contribution in [2.24, 2.45) is 0 Å². The number of nitrogens with zero attached hydrogens (tertiary/aromatic N) is 3. The van der Waals surface area contributed by atoms with Crippen LogP contribution in [0.5, 0.6) is 0 Å². The maximum absolute atomic E-state index is 11.7. The number of aromatic carboxylic acids is 1. The number of urea groups is 1. The number of halogens is 1. The predicted molar refractivity (Wildman–Crippen MR) is 75.5 cm³/mol. The van der Waals surface area contributed by atoms with Crippen LogP contribution in [0.4, 0.5) is 10.5 Å². The molecule has 2 aromatic rings. The summed E-state index contributed by atoms with van der Waals surface area (Å²) in [5.41, 5.74) is 0.270. The normalized spacial score (nSPS) is 10.1. The Bertz CT molecular complexity index is 644. The molecule has 1 heterocycles. The van der Waals surface area contributed by atoms with Gasteiger partial charge in [-0.3, -0.25) is 4.68 Å². The second-order valence-electron chi connectivity index (χ2n) is 4.05. The Morgan fingerprint density at radius 1 is 1.38 bits per heavy atom. The van der Waals surface area contributed by atoms with Crippen molar-refractivity contribution in [3.63, 3.8) is 0 Å². The van der Waals surface area contributed by atoms with Gasteiger partial charge in [-0.15, -0.1) is 5.10 Å². The number of benzene rings is 1. The van der Waals surface area contributed by atoms with Crippen molar-refractivity contribution in [3.8, 4) is 0 Å². The van der Waals surface area contributed by atoms with Gasteiger partial charge in [0.25, 0.3) is 0 Å². The first kappa shape index (κ1) is 14.8. The molecule has 1 aromatic carbocycles. The lowest BCUT2D eigenvalue weighted by molar-refractivity contribution is 0.0697. The Balaban J connectivity index is 1.90. The zero-order valence-electron chi connectivity index (χ0n) is 10.8. The fourth-order valence-corrected chi connectivity index (χ4v) is 1.72. The summed E-state index contributed by atoms with van der Waals surface area (Å²) in [6.07, 6.45) is 3.21. The first-order chi connectivity index (χ1) is 10.1. The van der Waals surface area contributed by atoms with Crippen LogP contribution in [0.15, 0.2) is 30.6 Å². The van der Waals surface area contributed by atoms with E-state index in [0.717, 1.165) is 0 Å². The summed E-state index contributed by atoms with van der Waals surface area (Å²) in [6.45, 7) is 0.807. The van der Waals surface area contributed by atoms with Crippen LogP contribution in [-0.2, 0) is 6.54 Å². The van der Waals surface area contributed by atoms with E-state index < -0.39 is 12.0 Å². The molecule has 0 aliphatic heterocycles. The van der Waals surface area contributed by atoms with Gasteiger partial charge in [0, 0.05) is 12.7 Å². The minimum Gasteiger partial charge on any atom is -0.478 e. The SMILES string of the molecule is O=C(NCCn1ccnn1)Nc1cc(C(=O)O)ccc1Cl.